The number of hydrogen-bond acceptors (Lipinski definition) is 2. The molecular weight excluding hydrogens is 172 g/mol. The van der Waals surface area contributed by atoms with E-state index < -0.39 is 0 Å². The molecule has 1 aromatic carbocycles. The monoisotopic (exact) mass is 186 g/mol. The molecule has 0 amide bonds. The van der Waals surface area contributed by atoms with E-state index in [1.54, 1.807) is 0 Å². The zero-order valence-corrected chi connectivity index (χ0v) is 8.16. The molecule has 14 heavy (non-hydrogen) atoms. The van der Waals surface area contributed by atoms with Gasteiger partial charge < -0.3 is 5.32 Å². The Morgan fingerprint density at radius 2 is 2.21 bits per heavy atom. The maximum atomic E-state index is 4.76. The van der Waals surface area contributed by atoms with Crippen LogP contribution in [-0.2, 0) is 0 Å². The van der Waals surface area contributed by atoms with E-state index in [0.29, 0.717) is 6.04 Å². The molecule has 1 fully saturated rings. The van der Waals surface area contributed by atoms with Gasteiger partial charge in [0, 0.05) is 11.8 Å². The Morgan fingerprint density at radius 3 is 3.21 bits per heavy atom. The second-order valence-electron chi connectivity index (χ2n) is 4.01. The minimum atomic E-state index is 0.461. The average Bonchev–Trinajstić information content (AvgIpc) is 2.42. The Balaban J connectivity index is 2.21. The third-order valence-corrected chi connectivity index (χ3v) is 3.09. The molecule has 0 aromatic heterocycles. The highest BCUT2D eigenvalue weighted by molar-refractivity contribution is 5.55. The van der Waals surface area contributed by atoms with Crippen LogP contribution in [0.1, 0.15) is 12.8 Å². The van der Waals surface area contributed by atoms with E-state index in [9.17, 15) is 0 Å². The number of para-hydroxylation sites is 1. The first kappa shape index (κ1) is 8.18. The average molecular weight is 186 g/mol. The van der Waals surface area contributed by atoms with Gasteiger partial charge in [0.1, 0.15) is 0 Å². The van der Waals surface area contributed by atoms with E-state index in [1.807, 2.05) is 0 Å². The van der Waals surface area contributed by atoms with Gasteiger partial charge in [0.05, 0.1) is 11.4 Å². The van der Waals surface area contributed by atoms with Gasteiger partial charge in [-0.2, -0.15) is 0 Å². The first-order valence-electron chi connectivity index (χ1n) is 5.32. The van der Waals surface area contributed by atoms with Gasteiger partial charge in [-0.15, -0.1) is 0 Å². The van der Waals surface area contributed by atoms with Gasteiger partial charge in [-0.3, -0.25) is 4.99 Å². The molecule has 1 unspecified atom stereocenters. The molecule has 3 rings (SSSR count). The van der Waals surface area contributed by atoms with Crippen molar-refractivity contribution in [3.63, 3.8) is 0 Å². The molecule has 0 saturated carbocycles. The molecule has 1 N–H and O–H groups in total. The summed E-state index contributed by atoms with van der Waals surface area (Å²) in [4.78, 5) is 4.76. The summed E-state index contributed by atoms with van der Waals surface area (Å²) >= 11 is 0. The fourth-order valence-corrected chi connectivity index (χ4v) is 2.38. The lowest BCUT2D eigenvalue weighted by atomic mass is 10.0. The van der Waals surface area contributed by atoms with E-state index in [2.05, 4.69) is 29.6 Å². The second kappa shape index (κ2) is 3.21. The Hall–Kier alpha value is -1.15. The molecule has 2 aliphatic heterocycles. The lowest BCUT2D eigenvalue weighted by molar-refractivity contribution is 0.673. The molecule has 72 valence electrons. The zero-order chi connectivity index (χ0) is 9.38. The molecule has 2 heterocycles. The molecule has 2 nitrogen and oxygen atoms in total. The second-order valence-corrected chi connectivity index (χ2v) is 4.01. The van der Waals surface area contributed by atoms with E-state index in [4.69, 9.17) is 4.99 Å². The summed E-state index contributed by atoms with van der Waals surface area (Å²) < 4.78 is 0. The van der Waals surface area contributed by atoms with Crippen molar-refractivity contribution in [2.24, 2.45) is 4.99 Å². The number of benzene rings is 1. The van der Waals surface area contributed by atoms with Crippen molar-refractivity contribution in [3.8, 4) is 0 Å². The minimum absolute atomic E-state index is 0.461. The quantitative estimate of drug-likeness (QED) is 0.616. The van der Waals surface area contributed by atoms with Crippen LogP contribution in [0.4, 0.5) is 0 Å². The van der Waals surface area contributed by atoms with Crippen molar-refractivity contribution in [2.45, 2.75) is 18.9 Å². The van der Waals surface area contributed by atoms with Crippen LogP contribution in [0.15, 0.2) is 29.3 Å². The highest BCUT2D eigenvalue weighted by atomic mass is 14.9. The van der Waals surface area contributed by atoms with E-state index in [0.717, 1.165) is 13.1 Å². The fourth-order valence-electron chi connectivity index (χ4n) is 2.38. The molecule has 1 aromatic rings. The number of nitrogens with zero attached hydrogens (tertiary/aromatic N) is 1. The number of fused-ring (bicyclic) bond motifs is 2. The van der Waals surface area contributed by atoms with Crippen molar-refractivity contribution in [3.05, 3.63) is 34.8 Å². The lowest BCUT2D eigenvalue weighted by Crippen LogP contribution is -2.26. The summed E-state index contributed by atoms with van der Waals surface area (Å²) in [6, 6.07) is 8.95. The Bertz CT molecular complexity index is 461. The normalized spacial score (nSPS) is 24.9. The third kappa shape index (κ3) is 1.18. The van der Waals surface area contributed by atoms with Crippen LogP contribution in [0.25, 0.3) is 5.57 Å². The number of rotatable bonds is 0. The largest absolute Gasteiger partial charge is 0.313 e. The van der Waals surface area contributed by atoms with E-state index >= 15 is 0 Å². The first-order valence-corrected chi connectivity index (χ1v) is 5.32. The molecule has 2 heteroatoms. The van der Waals surface area contributed by atoms with Crippen molar-refractivity contribution in [1.82, 2.24) is 5.32 Å². The zero-order valence-electron chi connectivity index (χ0n) is 8.16. The molecule has 1 atom stereocenters. The Morgan fingerprint density at radius 1 is 1.29 bits per heavy atom. The van der Waals surface area contributed by atoms with Crippen LogP contribution in [0, 0.1) is 0 Å². The van der Waals surface area contributed by atoms with Gasteiger partial charge in [0.15, 0.2) is 0 Å². The SMILES string of the molecule is c1ccc2c(c1)=NC1CCCNCC=21. The van der Waals surface area contributed by atoms with Gasteiger partial charge in [-0.25, -0.2) is 0 Å². The Kier molecular flexibility index (Phi) is 1.88. The standard InChI is InChI=1S/C12H14N2/c1-2-5-11-9(4-1)10-8-13-7-3-6-12(10)14-11/h1-2,4-5,12-13H,3,6-8H2. The minimum Gasteiger partial charge on any atom is -0.313 e. The smallest absolute Gasteiger partial charge is 0.0738 e. The highest BCUT2D eigenvalue weighted by Gasteiger charge is 2.20. The van der Waals surface area contributed by atoms with E-state index in [-0.39, 0.29) is 0 Å². The van der Waals surface area contributed by atoms with Crippen molar-refractivity contribution in [2.75, 3.05) is 13.1 Å². The van der Waals surface area contributed by atoms with Crippen LogP contribution in [0.3, 0.4) is 0 Å². The van der Waals surface area contributed by atoms with Gasteiger partial charge in [0.25, 0.3) is 0 Å². The summed E-state index contributed by atoms with van der Waals surface area (Å²) in [5.74, 6) is 0. The van der Waals surface area contributed by atoms with Gasteiger partial charge in [-0.1, -0.05) is 18.2 Å². The summed E-state index contributed by atoms with van der Waals surface area (Å²) in [7, 11) is 0. The molecule has 0 bridgehead atoms. The van der Waals surface area contributed by atoms with Gasteiger partial charge in [0.2, 0.25) is 0 Å². The molecule has 0 spiro atoms. The van der Waals surface area contributed by atoms with Crippen molar-refractivity contribution < 1.29 is 0 Å². The molecule has 0 radical (unpaired) electrons. The maximum Gasteiger partial charge on any atom is 0.0738 e. The van der Waals surface area contributed by atoms with Crippen LogP contribution in [0.5, 0.6) is 0 Å². The van der Waals surface area contributed by atoms with Crippen LogP contribution >= 0.6 is 0 Å². The molecular formula is C12H14N2. The van der Waals surface area contributed by atoms with Gasteiger partial charge >= 0.3 is 0 Å². The molecule has 1 saturated heterocycles. The number of nitrogens with one attached hydrogen (secondary N) is 1. The van der Waals surface area contributed by atoms with Crippen LogP contribution < -0.4 is 15.9 Å². The number of hydrogen-bond donors (Lipinski definition) is 1. The summed E-state index contributed by atoms with van der Waals surface area (Å²) in [5.41, 5.74) is 1.50. The summed E-state index contributed by atoms with van der Waals surface area (Å²) in [6.45, 7) is 2.16. The molecule has 2 aliphatic rings. The maximum absolute atomic E-state index is 4.76. The summed E-state index contributed by atoms with van der Waals surface area (Å²) in [6.07, 6.45) is 2.45. The van der Waals surface area contributed by atoms with Crippen molar-refractivity contribution in [1.29, 1.82) is 0 Å². The Labute approximate surface area is 83.4 Å². The predicted molar refractivity (Wildman–Crippen MR) is 56.5 cm³/mol. The molecule has 0 aliphatic carbocycles. The predicted octanol–water partition coefficient (Wildman–Crippen LogP) is 0.222. The summed E-state index contributed by atoms with van der Waals surface area (Å²) in [5, 5.41) is 6.02. The topological polar surface area (TPSA) is 24.4 Å². The van der Waals surface area contributed by atoms with Gasteiger partial charge in [-0.05, 0) is 31.0 Å². The third-order valence-electron chi connectivity index (χ3n) is 3.09. The van der Waals surface area contributed by atoms with Crippen LogP contribution in [-0.4, -0.2) is 19.1 Å². The first-order chi connectivity index (χ1) is 6.95. The van der Waals surface area contributed by atoms with Crippen molar-refractivity contribution >= 4 is 5.57 Å². The fraction of sp³-hybridized carbons (Fsp3) is 0.417. The lowest BCUT2D eigenvalue weighted by Gasteiger charge is -2.06. The highest BCUT2D eigenvalue weighted by Crippen LogP contribution is 2.16. The van der Waals surface area contributed by atoms with E-state index in [1.165, 1.54) is 29.0 Å². The van der Waals surface area contributed by atoms with Crippen LogP contribution in [0.2, 0.25) is 0 Å².